The van der Waals surface area contributed by atoms with Crippen molar-refractivity contribution in [3.8, 4) is 16.8 Å². The molecule has 0 N–H and O–H groups in total. The number of para-hydroxylation sites is 1. The highest BCUT2D eigenvalue weighted by atomic mass is 32.1. The number of nitrogens with zero attached hydrogens (tertiary/aromatic N) is 1. The molecule has 6 aromatic carbocycles. The Hall–Kier alpha value is -4.44. The molecule has 3 heterocycles. The molecule has 0 aliphatic rings. The normalized spacial score (nSPS) is 12.1. The third-order valence-electron chi connectivity index (χ3n) is 8.01. The molecule has 3 aromatic heterocycles. The minimum absolute atomic E-state index is 1.19. The largest absolute Gasteiger partial charge is 0.309 e. The van der Waals surface area contributed by atoms with Crippen molar-refractivity contribution >= 4 is 84.8 Å². The standard InChI is InChI=1S/C36H21NS2/c1-4-10-30-25(7-1)27-18-20-34-35(28-9-3-6-12-32(28)39-34)36(27)37(30)24-16-13-22(14-17-24)23-15-19-33-29(21-23)26-8-2-5-11-31(26)38-33/h1-21H. The van der Waals surface area contributed by atoms with Crippen LogP contribution in [0, 0.1) is 0 Å². The van der Waals surface area contributed by atoms with Gasteiger partial charge in [0.05, 0.1) is 11.0 Å². The third kappa shape index (κ3) is 3.06. The highest BCUT2D eigenvalue weighted by Gasteiger charge is 2.18. The molecule has 0 saturated carbocycles. The Morgan fingerprint density at radius 1 is 0.410 bits per heavy atom. The summed E-state index contributed by atoms with van der Waals surface area (Å²) in [5.74, 6) is 0. The number of aromatic nitrogens is 1. The summed E-state index contributed by atoms with van der Waals surface area (Å²) in [6.07, 6.45) is 0. The van der Waals surface area contributed by atoms with Crippen LogP contribution in [0.1, 0.15) is 0 Å². The Kier molecular flexibility index (Phi) is 4.43. The van der Waals surface area contributed by atoms with Crippen LogP contribution in [0.5, 0.6) is 0 Å². The molecule has 39 heavy (non-hydrogen) atoms. The van der Waals surface area contributed by atoms with Gasteiger partial charge in [-0.15, -0.1) is 22.7 Å². The molecule has 0 aliphatic carbocycles. The molecule has 0 aliphatic heterocycles. The van der Waals surface area contributed by atoms with E-state index >= 15 is 0 Å². The van der Waals surface area contributed by atoms with Crippen LogP contribution < -0.4 is 0 Å². The fraction of sp³-hybridized carbons (Fsp3) is 0. The van der Waals surface area contributed by atoms with Gasteiger partial charge in [0.1, 0.15) is 0 Å². The second-order valence-corrected chi connectivity index (χ2v) is 12.3. The van der Waals surface area contributed by atoms with Gasteiger partial charge in [0.25, 0.3) is 0 Å². The topological polar surface area (TPSA) is 4.93 Å². The lowest BCUT2D eigenvalue weighted by Crippen LogP contribution is -1.94. The SMILES string of the molecule is c1ccc2c(c1)sc1ccc(-c3ccc(-n4c5ccccc5c5ccc6sc7ccccc7c6c54)cc3)cc12. The summed E-state index contributed by atoms with van der Waals surface area (Å²) in [5, 5.41) is 7.96. The van der Waals surface area contributed by atoms with Crippen LogP contribution in [-0.2, 0) is 0 Å². The molecule has 0 radical (unpaired) electrons. The maximum absolute atomic E-state index is 2.46. The van der Waals surface area contributed by atoms with Crippen LogP contribution in [0.4, 0.5) is 0 Å². The van der Waals surface area contributed by atoms with E-state index in [0.717, 1.165) is 0 Å². The zero-order valence-corrected chi connectivity index (χ0v) is 22.5. The monoisotopic (exact) mass is 531 g/mol. The molecule has 0 bridgehead atoms. The van der Waals surface area contributed by atoms with Crippen LogP contribution in [-0.4, -0.2) is 4.57 Å². The van der Waals surface area contributed by atoms with Gasteiger partial charge in [-0.05, 0) is 59.7 Å². The molecule has 0 unspecified atom stereocenters. The first kappa shape index (κ1) is 21.5. The number of hydrogen-bond acceptors (Lipinski definition) is 2. The molecular weight excluding hydrogens is 511 g/mol. The van der Waals surface area contributed by atoms with E-state index in [1.165, 1.54) is 79.0 Å². The van der Waals surface area contributed by atoms with E-state index in [0.29, 0.717) is 0 Å². The Labute approximate surface area is 232 Å². The summed E-state index contributed by atoms with van der Waals surface area (Å²) in [5.41, 5.74) is 6.22. The molecule has 9 aromatic rings. The summed E-state index contributed by atoms with van der Waals surface area (Å²) in [6.45, 7) is 0. The number of hydrogen-bond donors (Lipinski definition) is 0. The van der Waals surface area contributed by atoms with Crippen LogP contribution >= 0.6 is 22.7 Å². The zero-order chi connectivity index (χ0) is 25.5. The van der Waals surface area contributed by atoms with Crippen molar-refractivity contribution in [3.63, 3.8) is 0 Å². The van der Waals surface area contributed by atoms with Crippen molar-refractivity contribution in [3.05, 3.63) is 127 Å². The van der Waals surface area contributed by atoms with Crippen LogP contribution in [0.25, 0.3) is 79.0 Å². The molecule has 3 heteroatoms. The number of rotatable bonds is 2. The Balaban J connectivity index is 1.28. The second-order valence-electron chi connectivity index (χ2n) is 10.1. The Bertz CT molecular complexity index is 2380. The van der Waals surface area contributed by atoms with Gasteiger partial charge in [0, 0.05) is 56.8 Å². The van der Waals surface area contributed by atoms with Gasteiger partial charge in [-0.25, -0.2) is 0 Å². The molecule has 0 fully saturated rings. The van der Waals surface area contributed by atoms with Gasteiger partial charge in [0.15, 0.2) is 0 Å². The maximum atomic E-state index is 2.46. The predicted octanol–water partition coefficient (Wildman–Crippen LogP) is 11.2. The molecular formula is C36H21NS2. The van der Waals surface area contributed by atoms with E-state index in [1.54, 1.807) is 0 Å². The highest BCUT2D eigenvalue weighted by Crippen LogP contribution is 2.43. The lowest BCUT2D eigenvalue weighted by Gasteiger charge is -2.11. The second kappa shape index (κ2) is 8.03. The van der Waals surface area contributed by atoms with Gasteiger partial charge in [-0.3, -0.25) is 0 Å². The van der Waals surface area contributed by atoms with Gasteiger partial charge in [-0.2, -0.15) is 0 Å². The first-order valence-electron chi connectivity index (χ1n) is 13.2. The molecule has 0 amide bonds. The molecule has 0 atom stereocenters. The molecule has 182 valence electrons. The lowest BCUT2D eigenvalue weighted by atomic mass is 10.0. The summed E-state index contributed by atoms with van der Waals surface area (Å²) < 4.78 is 7.82. The van der Waals surface area contributed by atoms with Crippen molar-refractivity contribution in [2.45, 2.75) is 0 Å². The lowest BCUT2D eigenvalue weighted by molar-refractivity contribution is 1.19. The van der Waals surface area contributed by atoms with Crippen LogP contribution in [0.3, 0.4) is 0 Å². The average Bonchev–Trinajstić information content (AvgIpc) is 3.66. The van der Waals surface area contributed by atoms with Gasteiger partial charge in [-0.1, -0.05) is 78.9 Å². The van der Waals surface area contributed by atoms with E-state index in [2.05, 4.69) is 132 Å². The molecule has 9 rings (SSSR count). The highest BCUT2D eigenvalue weighted by molar-refractivity contribution is 7.26. The van der Waals surface area contributed by atoms with Crippen molar-refractivity contribution < 1.29 is 0 Å². The van der Waals surface area contributed by atoms with E-state index in [4.69, 9.17) is 0 Å². The van der Waals surface area contributed by atoms with Crippen molar-refractivity contribution in [1.82, 2.24) is 4.57 Å². The summed E-state index contributed by atoms with van der Waals surface area (Å²) in [4.78, 5) is 0. The smallest absolute Gasteiger partial charge is 0.0634 e. The first-order chi connectivity index (χ1) is 19.3. The van der Waals surface area contributed by atoms with Gasteiger partial charge in [0.2, 0.25) is 0 Å². The van der Waals surface area contributed by atoms with E-state index < -0.39 is 0 Å². The number of benzene rings is 6. The summed E-state index contributed by atoms with van der Waals surface area (Å²) >= 11 is 3.75. The van der Waals surface area contributed by atoms with E-state index in [-0.39, 0.29) is 0 Å². The Morgan fingerprint density at radius 3 is 1.87 bits per heavy atom. The van der Waals surface area contributed by atoms with Crippen molar-refractivity contribution in [1.29, 1.82) is 0 Å². The predicted molar refractivity (Wildman–Crippen MR) is 172 cm³/mol. The quantitative estimate of drug-likeness (QED) is 0.209. The molecule has 1 nitrogen and oxygen atoms in total. The fourth-order valence-corrected chi connectivity index (χ4v) is 8.44. The maximum Gasteiger partial charge on any atom is 0.0634 e. The van der Waals surface area contributed by atoms with Crippen molar-refractivity contribution in [2.75, 3.05) is 0 Å². The minimum atomic E-state index is 1.19. The Morgan fingerprint density at radius 2 is 1.03 bits per heavy atom. The fourth-order valence-electron chi connectivity index (χ4n) is 6.24. The minimum Gasteiger partial charge on any atom is -0.309 e. The first-order valence-corrected chi connectivity index (χ1v) is 14.8. The zero-order valence-electron chi connectivity index (χ0n) is 20.9. The van der Waals surface area contributed by atoms with Gasteiger partial charge >= 0.3 is 0 Å². The number of thiophene rings is 2. The molecule has 0 spiro atoms. The molecule has 0 saturated heterocycles. The van der Waals surface area contributed by atoms with E-state index in [1.807, 2.05) is 22.7 Å². The van der Waals surface area contributed by atoms with Crippen LogP contribution in [0.15, 0.2) is 127 Å². The number of fused-ring (bicyclic) bond motifs is 10. The van der Waals surface area contributed by atoms with Crippen molar-refractivity contribution in [2.24, 2.45) is 0 Å². The third-order valence-corrected chi connectivity index (χ3v) is 10.3. The summed E-state index contributed by atoms with van der Waals surface area (Å²) in [7, 11) is 0. The average molecular weight is 532 g/mol. The van der Waals surface area contributed by atoms with Crippen LogP contribution in [0.2, 0.25) is 0 Å². The van der Waals surface area contributed by atoms with E-state index in [9.17, 15) is 0 Å². The van der Waals surface area contributed by atoms with Gasteiger partial charge < -0.3 is 4.57 Å². The summed E-state index contributed by atoms with van der Waals surface area (Å²) in [6, 6.07) is 46.9.